The summed E-state index contributed by atoms with van der Waals surface area (Å²) in [7, 11) is 2.16. The van der Waals surface area contributed by atoms with Gasteiger partial charge in [0.1, 0.15) is 0 Å². The van der Waals surface area contributed by atoms with Crippen LogP contribution in [0.2, 0.25) is 0 Å². The van der Waals surface area contributed by atoms with Crippen LogP contribution >= 0.6 is 0 Å². The topological polar surface area (TPSA) is 24.5 Å². The van der Waals surface area contributed by atoms with Gasteiger partial charge in [-0.2, -0.15) is 0 Å². The van der Waals surface area contributed by atoms with Crippen LogP contribution in [0.1, 0.15) is 24.9 Å². The molecular formula is C15H24N2O. The molecule has 1 fully saturated rings. The maximum Gasteiger partial charge on any atom is 0.0826 e. The van der Waals surface area contributed by atoms with Crippen molar-refractivity contribution < 1.29 is 4.74 Å². The van der Waals surface area contributed by atoms with Crippen molar-refractivity contribution in [2.75, 3.05) is 33.3 Å². The molecule has 2 rings (SSSR count). The van der Waals surface area contributed by atoms with Crippen molar-refractivity contribution in [1.29, 1.82) is 0 Å². The first-order valence-electron chi connectivity index (χ1n) is 6.88. The van der Waals surface area contributed by atoms with Crippen LogP contribution in [-0.2, 0) is 4.74 Å². The third-order valence-corrected chi connectivity index (χ3v) is 3.54. The second-order valence-corrected chi connectivity index (χ2v) is 5.03. The highest BCUT2D eigenvalue weighted by atomic mass is 16.5. The zero-order chi connectivity index (χ0) is 12.8. The first-order valence-corrected chi connectivity index (χ1v) is 6.88. The van der Waals surface area contributed by atoms with Gasteiger partial charge in [-0.3, -0.25) is 0 Å². The number of ether oxygens (including phenoxy) is 1. The van der Waals surface area contributed by atoms with Gasteiger partial charge in [0.15, 0.2) is 0 Å². The Morgan fingerprint density at radius 2 is 2.17 bits per heavy atom. The molecule has 18 heavy (non-hydrogen) atoms. The van der Waals surface area contributed by atoms with Crippen molar-refractivity contribution in [3.8, 4) is 0 Å². The summed E-state index contributed by atoms with van der Waals surface area (Å²) in [5.41, 5.74) is 1.36. The summed E-state index contributed by atoms with van der Waals surface area (Å²) < 4.78 is 5.77. The molecule has 0 aliphatic carbocycles. The van der Waals surface area contributed by atoms with E-state index in [2.05, 4.69) is 54.5 Å². The van der Waals surface area contributed by atoms with Crippen LogP contribution in [0.25, 0.3) is 0 Å². The number of hydrogen-bond donors (Lipinski definition) is 1. The van der Waals surface area contributed by atoms with Gasteiger partial charge in [-0.1, -0.05) is 37.3 Å². The molecule has 1 aromatic carbocycles. The van der Waals surface area contributed by atoms with Crippen molar-refractivity contribution in [3.05, 3.63) is 35.9 Å². The quantitative estimate of drug-likeness (QED) is 0.863. The largest absolute Gasteiger partial charge is 0.374 e. The van der Waals surface area contributed by atoms with Crippen LogP contribution in [0.15, 0.2) is 30.3 Å². The molecular weight excluding hydrogens is 224 g/mol. The minimum absolute atomic E-state index is 0.321. The lowest BCUT2D eigenvalue weighted by molar-refractivity contribution is -0.0193. The molecule has 1 N–H and O–H groups in total. The first kappa shape index (κ1) is 13.5. The lowest BCUT2D eigenvalue weighted by Gasteiger charge is -2.31. The van der Waals surface area contributed by atoms with Crippen molar-refractivity contribution >= 4 is 0 Å². The van der Waals surface area contributed by atoms with E-state index < -0.39 is 0 Å². The van der Waals surface area contributed by atoms with Crippen LogP contribution in [0, 0.1) is 0 Å². The first-order chi connectivity index (χ1) is 8.79. The smallest absolute Gasteiger partial charge is 0.0826 e. The van der Waals surface area contributed by atoms with Crippen LogP contribution in [0.5, 0.6) is 0 Å². The summed E-state index contributed by atoms with van der Waals surface area (Å²) in [6, 6.07) is 11.1. The highest BCUT2D eigenvalue weighted by Gasteiger charge is 2.18. The van der Waals surface area contributed by atoms with E-state index in [-0.39, 0.29) is 0 Å². The fourth-order valence-corrected chi connectivity index (χ4v) is 2.45. The van der Waals surface area contributed by atoms with Gasteiger partial charge in [-0.25, -0.2) is 0 Å². The van der Waals surface area contributed by atoms with Gasteiger partial charge in [0.25, 0.3) is 0 Å². The van der Waals surface area contributed by atoms with E-state index in [1.807, 2.05) is 0 Å². The zero-order valence-electron chi connectivity index (χ0n) is 11.4. The molecule has 0 radical (unpaired) electrons. The molecule has 1 saturated heterocycles. The van der Waals surface area contributed by atoms with Gasteiger partial charge in [0, 0.05) is 25.7 Å². The number of nitrogens with zero attached hydrogens (tertiary/aromatic N) is 1. The predicted octanol–water partition coefficient (Wildman–Crippen LogP) is 2.06. The Bertz CT molecular complexity index is 342. The Morgan fingerprint density at radius 1 is 1.39 bits per heavy atom. The monoisotopic (exact) mass is 248 g/mol. The highest BCUT2D eigenvalue weighted by Crippen LogP contribution is 2.16. The van der Waals surface area contributed by atoms with E-state index in [1.54, 1.807) is 0 Å². The number of morpholine rings is 1. The lowest BCUT2D eigenvalue weighted by Crippen LogP contribution is -2.45. The van der Waals surface area contributed by atoms with Crippen LogP contribution in [0.4, 0.5) is 0 Å². The van der Waals surface area contributed by atoms with Gasteiger partial charge in [-0.05, 0) is 19.0 Å². The van der Waals surface area contributed by atoms with Crippen molar-refractivity contribution in [2.24, 2.45) is 0 Å². The molecule has 1 aliphatic rings. The number of likely N-dealkylation sites (N-methyl/N-ethyl adjacent to an activating group) is 1. The molecule has 2 unspecified atom stereocenters. The Labute approximate surface area is 110 Å². The zero-order valence-corrected chi connectivity index (χ0v) is 11.4. The molecule has 0 saturated carbocycles. The molecule has 1 aromatic rings. The van der Waals surface area contributed by atoms with Gasteiger partial charge < -0.3 is 15.0 Å². The van der Waals surface area contributed by atoms with Gasteiger partial charge in [0.2, 0.25) is 0 Å². The standard InChI is InChI=1S/C15H24N2O/c1-3-15(13-7-5-4-6-8-13)16-11-14-12-17(2)9-10-18-14/h4-8,14-16H,3,9-12H2,1-2H3. The van der Waals surface area contributed by atoms with Crippen molar-refractivity contribution in [3.63, 3.8) is 0 Å². The normalized spacial score (nSPS) is 22.9. The van der Waals surface area contributed by atoms with Crippen LogP contribution < -0.4 is 5.32 Å². The van der Waals surface area contributed by atoms with E-state index in [4.69, 9.17) is 4.74 Å². The van der Waals surface area contributed by atoms with E-state index in [0.29, 0.717) is 12.1 Å². The summed E-state index contributed by atoms with van der Waals surface area (Å²) in [6.45, 7) is 6.08. The molecule has 3 nitrogen and oxygen atoms in total. The maximum atomic E-state index is 5.77. The summed E-state index contributed by atoms with van der Waals surface area (Å²) in [5.74, 6) is 0. The molecule has 100 valence electrons. The van der Waals surface area contributed by atoms with E-state index in [9.17, 15) is 0 Å². The summed E-state index contributed by atoms with van der Waals surface area (Å²) in [4.78, 5) is 2.33. The lowest BCUT2D eigenvalue weighted by atomic mass is 10.0. The van der Waals surface area contributed by atoms with E-state index in [1.165, 1.54) is 5.56 Å². The molecule has 1 aliphatic heterocycles. The van der Waals surface area contributed by atoms with Gasteiger partial charge in [0.05, 0.1) is 12.7 Å². The summed E-state index contributed by atoms with van der Waals surface area (Å²) in [5, 5.41) is 3.62. The molecule has 0 amide bonds. The highest BCUT2D eigenvalue weighted by molar-refractivity contribution is 5.18. The molecule has 0 spiro atoms. The minimum Gasteiger partial charge on any atom is -0.374 e. The molecule has 2 atom stereocenters. The fraction of sp³-hybridized carbons (Fsp3) is 0.600. The predicted molar refractivity (Wildman–Crippen MR) is 74.7 cm³/mol. The Balaban J connectivity index is 1.84. The number of rotatable bonds is 5. The third kappa shape index (κ3) is 3.80. The number of benzene rings is 1. The Kier molecular flexibility index (Phi) is 5.17. The number of nitrogens with one attached hydrogen (secondary N) is 1. The molecule has 3 heteroatoms. The maximum absolute atomic E-state index is 5.77. The molecule has 0 bridgehead atoms. The third-order valence-electron chi connectivity index (χ3n) is 3.54. The van der Waals surface area contributed by atoms with Crippen LogP contribution in [0.3, 0.4) is 0 Å². The van der Waals surface area contributed by atoms with Gasteiger partial charge in [-0.15, -0.1) is 0 Å². The van der Waals surface area contributed by atoms with Gasteiger partial charge >= 0.3 is 0 Å². The average molecular weight is 248 g/mol. The second kappa shape index (κ2) is 6.88. The van der Waals surface area contributed by atoms with E-state index in [0.717, 1.165) is 32.7 Å². The van der Waals surface area contributed by atoms with E-state index >= 15 is 0 Å². The Hall–Kier alpha value is -0.900. The fourth-order valence-electron chi connectivity index (χ4n) is 2.45. The SMILES string of the molecule is CCC(NCC1CN(C)CCO1)c1ccccc1. The molecule has 0 aromatic heterocycles. The summed E-state index contributed by atoms with van der Waals surface area (Å²) >= 11 is 0. The second-order valence-electron chi connectivity index (χ2n) is 5.03. The minimum atomic E-state index is 0.321. The molecule has 1 heterocycles. The van der Waals surface area contributed by atoms with Crippen LogP contribution in [-0.4, -0.2) is 44.3 Å². The summed E-state index contributed by atoms with van der Waals surface area (Å²) in [6.07, 6.45) is 1.42. The number of hydrogen-bond acceptors (Lipinski definition) is 3. The van der Waals surface area contributed by atoms with Crippen molar-refractivity contribution in [2.45, 2.75) is 25.5 Å². The Morgan fingerprint density at radius 3 is 2.83 bits per heavy atom. The van der Waals surface area contributed by atoms with Crippen molar-refractivity contribution in [1.82, 2.24) is 10.2 Å². The average Bonchev–Trinajstić information content (AvgIpc) is 2.41.